The van der Waals surface area contributed by atoms with E-state index in [2.05, 4.69) is 14.7 Å². The second kappa shape index (κ2) is 9.71. The third-order valence-corrected chi connectivity index (χ3v) is 7.63. The van der Waals surface area contributed by atoms with Gasteiger partial charge in [-0.3, -0.25) is 0 Å². The first-order chi connectivity index (χ1) is 18.0. The second-order valence-electron chi connectivity index (χ2n) is 8.89. The van der Waals surface area contributed by atoms with Crippen molar-refractivity contribution < 1.29 is 30.7 Å². The number of hydrogen-bond acceptors (Lipinski definition) is 5. The molecule has 0 amide bonds. The van der Waals surface area contributed by atoms with E-state index in [0.29, 0.717) is 34.4 Å². The second-order valence-corrected chi connectivity index (χ2v) is 10.6. The zero-order valence-electron chi connectivity index (χ0n) is 20.0. The molecule has 0 unspecified atom stereocenters. The first kappa shape index (κ1) is 25.7. The van der Waals surface area contributed by atoms with Gasteiger partial charge in [-0.1, -0.05) is 42.0 Å². The molecule has 3 aromatic carbocycles. The van der Waals surface area contributed by atoms with Gasteiger partial charge in [0.15, 0.2) is 5.82 Å². The topological polar surface area (TPSA) is 81.2 Å². The van der Waals surface area contributed by atoms with Gasteiger partial charge in [0, 0.05) is 17.5 Å². The molecule has 0 aliphatic carbocycles. The number of nitrogens with one attached hydrogen (secondary N) is 1. The minimum atomic E-state index is -4.50. The lowest BCUT2D eigenvalue weighted by Gasteiger charge is -2.29. The highest BCUT2D eigenvalue weighted by atomic mass is 32.2. The SMILES string of the molecule is Cc1ccc(-c2cc(C(F)(F)F)ccc2[C@H]2CCOc3cc(S(=O)(=O)Nc4ncc(F)cn4)ccc32)cc1. The highest BCUT2D eigenvalue weighted by Crippen LogP contribution is 2.44. The molecule has 1 aliphatic rings. The summed E-state index contributed by atoms with van der Waals surface area (Å²) in [5.74, 6) is -1.04. The minimum Gasteiger partial charge on any atom is -0.493 e. The van der Waals surface area contributed by atoms with Gasteiger partial charge >= 0.3 is 6.18 Å². The lowest BCUT2D eigenvalue weighted by Crippen LogP contribution is -2.19. The van der Waals surface area contributed by atoms with E-state index in [9.17, 15) is 26.0 Å². The van der Waals surface area contributed by atoms with Gasteiger partial charge < -0.3 is 4.74 Å². The van der Waals surface area contributed by atoms with Crippen molar-refractivity contribution in [2.75, 3.05) is 11.3 Å². The summed E-state index contributed by atoms with van der Waals surface area (Å²) in [5, 5.41) is 0. The Morgan fingerprint density at radius 2 is 1.63 bits per heavy atom. The number of alkyl halides is 3. The van der Waals surface area contributed by atoms with Gasteiger partial charge in [0.05, 0.1) is 29.5 Å². The van der Waals surface area contributed by atoms with Crippen LogP contribution in [0.5, 0.6) is 5.75 Å². The number of anilines is 1. The lowest BCUT2D eigenvalue weighted by atomic mass is 9.82. The quantitative estimate of drug-likeness (QED) is 0.298. The van der Waals surface area contributed by atoms with Gasteiger partial charge in [-0.25, -0.2) is 27.5 Å². The van der Waals surface area contributed by atoms with E-state index in [1.54, 1.807) is 18.2 Å². The van der Waals surface area contributed by atoms with Crippen molar-refractivity contribution in [3.8, 4) is 16.9 Å². The summed E-state index contributed by atoms with van der Waals surface area (Å²) >= 11 is 0. The zero-order valence-corrected chi connectivity index (χ0v) is 20.8. The molecule has 5 rings (SSSR count). The van der Waals surface area contributed by atoms with E-state index in [1.807, 2.05) is 19.1 Å². The van der Waals surface area contributed by atoms with E-state index in [0.717, 1.165) is 30.1 Å². The molecule has 2 heterocycles. The molecule has 196 valence electrons. The fraction of sp³-hybridized carbons (Fsp3) is 0.185. The molecule has 38 heavy (non-hydrogen) atoms. The third-order valence-electron chi connectivity index (χ3n) is 6.30. The van der Waals surface area contributed by atoms with Gasteiger partial charge in [-0.05, 0) is 48.2 Å². The standard InChI is InChI=1S/C27H21F4N3O3S/c1-16-2-4-17(5-3-16)24-12-18(27(29,30)31)6-8-21(24)22-10-11-37-25-13-20(7-9-23(22)25)38(35,36)34-26-32-14-19(28)15-33-26/h2-9,12-15,22H,10-11H2,1H3,(H,32,33,34)/t22-/m1/s1. The number of benzene rings is 3. The Bertz CT molecular complexity index is 1590. The summed E-state index contributed by atoms with van der Waals surface area (Å²) in [6, 6.07) is 15.3. The van der Waals surface area contributed by atoms with Crippen LogP contribution in [0.15, 0.2) is 78.0 Å². The first-order valence-electron chi connectivity index (χ1n) is 11.6. The Kier molecular flexibility index (Phi) is 6.56. The molecule has 0 fully saturated rings. The Morgan fingerprint density at radius 3 is 2.32 bits per heavy atom. The van der Waals surface area contributed by atoms with Crippen LogP contribution < -0.4 is 9.46 Å². The van der Waals surface area contributed by atoms with Crippen molar-refractivity contribution in [1.29, 1.82) is 0 Å². The van der Waals surface area contributed by atoms with E-state index in [1.165, 1.54) is 18.2 Å². The molecule has 0 bridgehead atoms. The lowest BCUT2D eigenvalue weighted by molar-refractivity contribution is -0.137. The average molecular weight is 544 g/mol. The van der Waals surface area contributed by atoms with Gasteiger partial charge in [0.25, 0.3) is 10.0 Å². The Hall–Kier alpha value is -3.99. The molecular weight excluding hydrogens is 522 g/mol. The maximum absolute atomic E-state index is 13.6. The summed E-state index contributed by atoms with van der Waals surface area (Å²) in [6.07, 6.45) is -2.34. The van der Waals surface area contributed by atoms with E-state index in [-0.39, 0.29) is 23.4 Å². The van der Waals surface area contributed by atoms with E-state index in [4.69, 9.17) is 4.74 Å². The molecule has 1 aromatic heterocycles. The van der Waals surface area contributed by atoms with Crippen LogP contribution in [0.3, 0.4) is 0 Å². The third kappa shape index (κ3) is 5.19. The molecule has 1 N–H and O–H groups in total. The van der Waals surface area contributed by atoms with Crippen molar-refractivity contribution in [1.82, 2.24) is 9.97 Å². The Morgan fingerprint density at radius 1 is 0.947 bits per heavy atom. The van der Waals surface area contributed by atoms with Crippen LogP contribution in [-0.2, 0) is 16.2 Å². The van der Waals surface area contributed by atoms with E-state index >= 15 is 0 Å². The Labute approximate surface area is 216 Å². The fourth-order valence-electron chi connectivity index (χ4n) is 4.42. The Balaban J connectivity index is 1.54. The van der Waals surface area contributed by atoms with Crippen LogP contribution in [0, 0.1) is 12.7 Å². The first-order valence-corrected chi connectivity index (χ1v) is 13.0. The number of aryl methyl sites for hydroxylation is 1. The van der Waals surface area contributed by atoms with Crippen LogP contribution in [0.1, 0.15) is 34.6 Å². The largest absolute Gasteiger partial charge is 0.493 e. The van der Waals surface area contributed by atoms with Crippen molar-refractivity contribution in [3.63, 3.8) is 0 Å². The van der Waals surface area contributed by atoms with Crippen LogP contribution in [0.25, 0.3) is 11.1 Å². The number of rotatable bonds is 5. The molecule has 0 saturated carbocycles. The van der Waals surface area contributed by atoms with Crippen molar-refractivity contribution >= 4 is 16.0 Å². The highest BCUT2D eigenvalue weighted by Gasteiger charge is 2.33. The van der Waals surface area contributed by atoms with Gasteiger partial charge in [-0.2, -0.15) is 13.2 Å². The number of ether oxygens (including phenoxy) is 1. The number of halogens is 4. The van der Waals surface area contributed by atoms with Crippen LogP contribution >= 0.6 is 0 Å². The molecule has 6 nitrogen and oxygen atoms in total. The maximum atomic E-state index is 13.6. The molecule has 0 radical (unpaired) electrons. The number of aromatic nitrogens is 2. The highest BCUT2D eigenvalue weighted by molar-refractivity contribution is 7.92. The molecule has 4 aromatic rings. The predicted molar refractivity (Wildman–Crippen MR) is 133 cm³/mol. The van der Waals surface area contributed by atoms with E-state index < -0.39 is 27.6 Å². The number of fused-ring (bicyclic) bond motifs is 1. The summed E-state index contributed by atoms with van der Waals surface area (Å²) in [4.78, 5) is 7.09. The number of sulfonamides is 1. The molecule has 1 aliphatic heterocycles. The monoisotopic (exact) mass is 543 g/mol. The summed E-state index contributed by atoms with van der Waals surface area (Å²) in [6.45, 7) is 2.14. The van der Waals surface area contributed by atoms with Crippen molar-refractivity contribution in [2.24, 2.45) is 0 Å². The summed E-state index contributed by atoms with van der Waals surface area (Å²) in [7, 11) is -4.12. The van der Waals surface area contributed by atoms with Crippen molar-refractivity contribution in [3.05, 3.63) is 101 Å². The smallest absolute Gasteiger partial charge is 0.416 e. The molecule has 11 heteroatoms. The summed E-state index contributed by atoms with van der Waals surface area (Å²) in [5.41, 5.74) is 2.66. The predicted octanol–water partition coefficient (Wildman–Crippen LogP) is 6.33. The van der Waals surface area contributed by atoms with Crippen LogP contribution in [0.2, 0.25) is 0 Å². The van der Waals surface area contributed by atoms with Crippen LogP contribution in [0.4, 0.5) is 23.5 Å². The van der Waals surface area contributed by atoms with Gasteiger partial charge in [-0.15, -0.1) is 0 Å². The molecule has 1 atom stereocenters. The maximum Gasteiger partial charge on any atom is 0.416 e. The zero-order chi connectivity index (χ0) is 27.1. The number of nitrogens with zero attached hydrogens (tertiary/aromatic N) is 2. The van der Waals surface area contributed by atoms with Crippen molar-refractivity contribution in [2.45, 2.75) is 30.3 Å². The average Bonchev–Trinajstić information content (AvgIpc) is 2.89. The number of hydrogen-bond donors (Lipinski definition) is 1. The molecule has 0 saturated heterocycles. The summed E-state index contributed by atoms with van der Waals surface area (Å²) < 4.78 is 87.5. The normalized spacial score (nSPS) is 15.4. The van der Waals surface area contributed by atoms with Gasteiger partial charge in [0.2, 0.25) is 5.95 Å². The fourth-order valence-corrected chi connectivity index (χ4v) is 5.40. The molecule has 0 spiro atoms. The minimum absolute atomic E-state index is 0.129. The van der Waals surface area contributed by atoms with Gasteiger partial charge in [0.1, 0.15) is 5.75 Å². The molecular formula is C27H21F4N3O3S. The van der Waals surface area contributed by atoms with Crippen LogP contribution in [-0.4, -0.2) is 25.0 Å².